The molecule has 0 unspecified atom stereocenters. The molecule has 26 heavy (non-hydrogen) atoms. The molecule has 0 atom stereocenters. The van der Waals surface area contributed by atoms with Crippen LogP contribution in [0.1, 0.15) is 21.5 Å². The average Bonchev–Trinajstić information content (AvgIpc) is 2.64. The maximum absolute atomic E-state index is 11.9. The van der Waals surface area contributed by atoms with Crippen molar-refractivity contribution in [3.63, 3.8) is 0 Å². The van der Waals surface area contributed by atoms with Gasteiger partial charge in [-0.25, -0.2) is 9.78 Å². The number of carbonyl (C=O) groups excluding carboxylic acids is 1. The molecule has 0 saturated carbocycles. The van der Waals surface area contributed by atoms with Crippen molar-refractivity contribution in [2.45, 2.75) is 13.8 Å². The number of nitrogens with one attached hydrogen (secondary N) is 2. The van der Waals surface area contributed by atoms with Crippen molar-refractivity contribution in [2.75, 3.05) is 17.7 Å². The first-order valence-electron chi connectivity index (χ1n) is 8.18. The largest absolute Gasteiger partial charge is 0.465 e. The Morgan fingerprint density at radius 2 is 1.81 bits per heavy atom. The third-order valence-electron chi connectivity index (χ3n) is 3.88. The van der Waals surface area contributed by atoms with Crippen LogP contribution in [0.3, 0.4) is 0 Å². The molecule has 3 aromatic rings. The highest BCUT2D eigenvalue weighted by Gasteiger charge is 2.12. The smallest absolute Gasteiger partial charge is 0.339 e. The summed E-state index contributed by atoms with van der Waals surface area (Å²) in [5, 5.41) is 6.37. The van der Waals surface area contributed by atoms with Gasteiger partial charge < -0.3 is 15.4 Å². The van der Waals surface area contributed by atoms with Gasteiger partial charge in [0.05, 0.1) is 18.4 Å². The number of nitrogens with zero attached hydrogens (tertiary/aromatic N) is 2. The van der Waals surface area contributed by atoms with Crippen LogP contribution in [-0.2, 0) is 4.74 Å². The Labute approximate surface area is 152 Å². The monoisotopic (exact) mass is 348 g/mol. The fourth-order valence-corrected chi connectivity index (χ4v) is 2.58. The summed E-state index contributed by atoms with van der Waals surface area (Å²) in [6.45, 7) is 4.08. The lowest BCUT2D eigenvalue weighted by molar-refractivity contribution is 0.0602. The van der Waals surface area contributed by atoms with Crippen molar-refractivity contribution in [3.05, 3.63) is 71.4 Å². The van der Waals surface area contributed by atoms with Gasteiger partial charge >= 0.3 is 5.97 Å². The number of aryl methyl sites for hydroxylation is 2. The van der Waals surface area contributed by atoms with Gasteiger partial charge in [0.1, 0.15) is 5.82 Å². The Balaban J connectivity index is 1.83. The van der Waals surface area contributed by atoms with Gasteiger partial charge in [-0.05, 0) is 43.7 Å². The van der Waals surface area contributed by atoms with E-state index < -0.39 is 5.97 Å². The van der Waals surface area contributed by atoms with Crippen molar-refractivity contribution < 1.29 is 9.53 Å². The van der Waals surface area contributed by atoms with Crippen molar-refractivity contribution >= 4 is 29.1 Å². The molecule has 0 aliphatic rings. The van der Waals surface area contributed by atoms with Gasteiger partial charge in [-0.2, -0.15) is 4.98 Å². The Morgan fingerprint density at radius 1 is 1.00 bits per heavy atom. The Kier molecular flexibility index (Phi) is 5.12. The van der Waals surface area contributed by atoms with Crippen LogP contribution in [0.2, 0.25) is 0 Å². The summed E-state index contributed by atoms with van der Waals surface area (Å²) in [5.41, 5.74) is 4.32. The number of para-hydroxylation sites is 1. The number of rotatable bonds is 5. The molecule has 1 aromatic heterocycles. The first kappa shape index (κ1) is 17.4. The van der Waals surface area contributed by atoms with E-state index in [9.17, 15) is 4.79 Å². The first-order chi connectivity index (χ1) is 12.6. The fraction of sp³-hybridized carbons (Fsp3) is 0.150. The quantitative estimate of drug-likeness (QED) is 0.667. The second-order valence-electron chi connectivity index (χ2n) is 5.87. The molecule has 132 valence electrons. The summed E-state index contributed by atoms with van der Waals surface area (Å²) in [6, 6.07) is 15.0. The molecule has 0 radical (unpaired) electrons. The second-order valence-corrected chi connectivity index (χ2v) is 5.87. The van der Waals surface area contributed by atoms with Crippen LogP contribution in [0.15, 0.2) is 54.7 Å². The molecule has 2 N–H and O–H groups in total. The van der Waals surface area contributed by atoms with Gasteiger partial charge in [-0.3, -0.25) is 0 Å². The molecule has 0 amide bonds. The number of esters is 1. The number of carbonyl (C=O) groups is 1. The van der Waals surface area contributed by atoms with Crippen molar-refractivity contribution in [2.24, 2.45) is 0 Å². The standard InChI is InChI=1S/C20H20N4O2/c1-13-8-9-16(14(2)12-13)23-20-21-11-10-18(24-20)22-17-7-5-4-6-15(17)19(25)26-3/h4-12H,1-3H3,(H2,21,22,23,24). The molecular weight excluding hydrogens is 328 g/mol. The highest BCUT2D eigenvalue weighted by molar-refractivity contribution is 5.96. The number of ether oxygens (including phenoxy) is 1. The molecular formula is C20H20N4O2. The van der Waals surface area contributed by atoms with E-state index in [4.69, 9.17) is 4.74 Å². The lowest BCUT2D eigenvalue weighted by Crippen LogP contribution is -2.07. The highest BCUT2D eigenvalue weighted by atomic mass is 16.5. The maximum atomic E-state index is 11.9. The maximum Gasteiger partial charge on any atom is 0.339 e. The van der Waals surface area contributed by atoms with Gasteiger partial charge in [0, 0.05) is 11.9 Å². The van der Waals surface area contributed by atoms with E-state index in [0.29, 0.717) is 23.0 Å². The molecule has 0 aliphatic heterocycles. The lowest BCUT2D eigenvalue weighted by Gasteiger charge is -2.12. The minimum Gasteiger partial charge on any atom is -0.465 e. The second kappa shape index (κ2) is 7.65. The third kappa shape index (κ3) is 3.97. The van der Waals surface area contributed by atoms with E-state index >= 15 is 0 Å². The molecule has 2 aromatic carbocycles. The van der Waals surface area contributed by atoms with Gasteiger partial charge in [-0.15, -0.1) is 0 Å². The number of aromatic nitrogens is 2. The Hall–Kier alpha value is -3.41. The van der Waals surface area contributed by atoms with Crippen LogP contribution in [0.25, 0.3) is 0 Å². The Bertz CT molecular complexity index is 941. The molecule has 0 fully saturated rings. The zero-order chi connectivity index (χ0) is 18.5. The summed E-state index contributed by atoms with van der Waals surface area (Å²) >= 11 is 0. The van der Waals surface area contributed by atoms with Crippen LogP contribution in [-0.4, -0.2) is 23.0 Å². The number of hydrogen-bond acceptors (Lipinski definition) is 6. The molecule has 6 nitrogen and oxygen atoms in total. The number of benzene rings is 2. The summed E-state index contributed by atoms with van der Waals surface area (Å²) in [4.78, 5) is 20.6. The highest BCUT2D eigenvalue weighted by Crippen LogP contribution is 2.23. The van der Waals surface area contributed by atoms with E-state index in [-0.39, 0.29) is 0 Å². The summed E-state index contributed by atoms with van der Waals surface area (Å²) in [5.74, 6) is 0.636. The summed E-state index contributed by atoms with van der Waals surface area (Å²) in [7, 11) is 1.36. The molecule has 1 heterocycles. The molecule has 0 saturated heterocycles. The third-order valence-corrected chi connectivity index (χ3v) is 3.88. The van der Waals surface area contributed by atoms with E-state index in [1.807, 2.05) is 25.1 Å². The summed E-state index contributed by atoms with van der Waals surface area (Å²) < 4.78 is 4.82. The average molecular weight is 348 g/mol. The van der Waals surface area contributed by atoms with Gasteiger partial charge in [-0.1, -0.05) is 29.8 Å². The predicted octanol–water partition coefficient (Wildman–Crippen LogP) is 4.37. The van der Waals surface area contributed by atoms with Crippen LogP contribution in [0, 0.1) is 13.8 Å². The molecule has 3 rings (SSSR count). The van der Waals surface area contributed by atoms with E-state index in [1.54, 1.807) is 30.5 Å². The van der Waals surface area contributed by atoms with Crippen LogP contribution >= 0.6 is 0 Å². The SMILES string of the molecule is COC(=O)c1ccccc1Nc1ccnc(Nc2ccc(C)cc2C)n1. The van der Waals surface area contributed by atoms with Crippen LogP contribution in [0.5, 0.6) is 0 Å². The first-order valence-corrected chi connectivity index (χ1v) is 8.18. The summed E-state index contributed by atoms with van der Waals surface area (Å²) in [6.07, 6.45) is 1.65. The van der Waals surface area contributed by atoms with Gasteiger partial charge in [0.2, 0.25) is 5.95 Å². The van der Waals surface area contributed by atoms with Crippen molar-refractivity contribution in [1.29, 1.82) is 0 Å². The number of hydrogen-bond donors (Lipinski definition) is 2. The minimum atomic E-state index is -0.407. The van der Waals surface area contributed by atoms with Crippen LogP contribution < -0.4 is 10.6 Å². The van der Waals surface area contributed by atoms with Gasteiger partial charge in [0.15, 0.2) is 0 Å². The van der Waals surface area contributed by atoms with Crippen molar-refractivity contribution in [3.8, 4) is 0 Å². The molecule has 0 spiro atoms. The minimum absolute atomic E-state index is 0.407. The van der Waals surface area contributed by atoms with Gasteiger partial charge in [0.25, 0.3) is 0 Å². The Morgan fingerprint density at radius 3 is 2.58 bits per heavy atom. The fourth-order valence-electron chi connectivity index (χ4n) is 2.58. The van der Waals surface area contributed by atoms with E-state index in [0.717, 1.165) is 11.3 Å². The topological polar surface area (TPSA) is 76.1 Å². The van der Waals surface area contributed by atoms with Crippen molar-refractivity contribution in [1.82, 2.24) is 9.97 Å². The molecule has 0 aliphatic carbocycles. The lowest BCUT2D eigenvalue weighted by atomic mass is 10.1. The molecule has 6 heteroatoms. The number of anilines is 4. The van der Waals surface area contributed by atoms with E-state index in [1.165, 1.54) is 12.7 Å². The normalized spacial score (nSPS) is 10.3. The van der Waals surface area contributed by atoms with Crippen LogP contribution in [0.4, 0.5) is 23.1 Å². The number of methoxy groups -OCH3 is 1. The predicted molar refractivity (Wildman–Crippen MR) is 102 cm³/mol. The zero-order valence-electron chi connectivity index (χ0n) is 14.9. The zero-order valence-corrected chi connectivity index (χ0v) is 14.9. The van der Waals surface area contributed by atoms with E-state index in [2.05, 4.69) is 33.6 Å². The molecule has 0 bridgehead atoms.